The number of imide groups is 1. The number of nitrogens with zero attached hydrogens (tertiary/aromatic N) is 2. The van der Waals surface area contributed by atoms with E-state index in [2.05, 4.69) is 5.32 Å². The van der Waals surface area contributed by atoms with Gasteiger partial charge in [0.25, 0.3) is 5.91 Å². The molecule has 1 unspecified atom stereocenters. The molecule has 0 spiro atoms. The number of carbonyl (C=O) groups is 3. The number of hydrogen-bond donors (Lipinski definition) is 1. The van der Waals surface area contributed by atoms with E-state index >= 15 is 0 Å². The predicted octanol–water partition coefficient (Wildman–Crippen LogP) is 2.60. The fourth-order valence-corrected chi connectivity index (χ4v) is 3.08. The summed E-state index contributed by atoms with van der Waals surface area (Å²) in [6.45, 7) is 6.44. The molecule has 0 aliphatic carbocycles. The molecule has 2 aliphatic rings. The van der Waals surface area contributed by atoms with Crippen molar-refractivity contribution in [1.82, 2.24) is 9.80 Å². The molecule has 4 amide bonds. The van der Waals surface area contributed by atoms with E-state index < -0.39 is 5.41 Å². The van der Waals surface area contributed by atoms with Crippen LogP contribution in [0.25, 0.3) is 0 Å². The molecule has 0 aromatic heterocycles. The third-order valence-corrected chi connectivity index (χ3v) is 4.49. The van der Waals surface area contributed by atoms with Crippen molar-refractivity contribution in [1.29, 1.82) is 0 Å². The Morgan fingerprint density at radius 2 is 2.04 bits per heavy atom. The van der Waals surface area contributed by atoms with Crippen LogP contribution in [0.4, 0.5) is 10.5 Å². The number of rotatable bonds is 3. The van der Waals surface area contributed by atoms with Gasteiger partial charge in [0.2, 0.25) is 5.91 Å². The first-order valence-electron chi connectivity index (χ1n) is 8.30. The van der Waals surface area contributed by atoms with E-state index in [1.54, 1.807) is 11.0 Å². The highest BCUT2D eigenvalue weighted by atomic mass is 16.2. The third-order valence-electron chi connectivity index (χ3n) is 4.49. The molecule has 128 valence electrons. The van der Waals surface area contributed by atoms with E-state index in [9.17, 15) is 14.4 Å². The zero-order valence-electron chi connectivity index (χ0n) is 14.3. The maximum absolute atomic E-state index is 12.4. The smallest absolute Gasteiger partial charge is 0.326 e. The SMILES string of the molecule is CC(C)(C)C(=O)Nc1cccc(CN2C(=O)C3CCCN3C2=O)c1. The summed E-state index contributed by atoms with van der Waals surface area (Å²) in [5.74, 6) is -0.185. The van der Waals surface area contributed by atoms with Gasteiger partial charge in [0.05, 0.1) is 6.54 Å². The van der Waals surface area contributed by atoms with E-state index in [1.807, 2.05) is 39.0 Å². The largest absolute Gasteiger partial charge is 0.327 e. The van der Waals surface area contributed by atoms with Gasteiger partial charge in [0.1, 0.15) is 6.04 Å². The van der Waals surface area contributed by atoms with Crippen molar-refractivity contribution >= 4 is 23.5 Å². The minimum atomic E-state index is -0.485. The molecule has 1 N–H and O–H groups in total. The molecule has 6 heteroatoms. The summed E-state index contributed by atoms with van der Waals surface area (Å²) in [5, 5.41) is 2.87. The lowest BCUT2D eigenvalue weighted by molar-refractivity contribution is -0.128. The lowest BCUT2D eigenvalue weighted by Crippen LogP contribution is -2.32. The first kappa shape index (κ1) is 16.5. The lowest BCUT2D eigenvalue weighted by atomic mass is 9.95. The number of fused-ring (bicyclic) bond motifs is 1. The summed E-state index contributed by atoms with van der Waals surface area (Å²) in [6, 6.07) is 6.82. The zero-order valence-corrected chi connectivity index (χ0v) is 14.3. The molecule has 1 aromatic carbocycles. The third kappa shape index (κ3) is 3.00. The van der Waals surface area contributed by atoms with Gasteiger partial charge in [-0.2, -0.15) is 0 Å². The number of amides is 4. The van der Waals surface area contributed by atoms with Crippen molar-refractivity contribution in [2.24, 2.45) is 5.41 Å². The quantitative estimate of drug-likeness (QED) is 0.867. The number of anilines is 1. The Bertz CT molecular complexity index is 671. The van der Waals surface area contributed by atoms with Crippen molar-refractivity contribution in [3.63, 3.8) is 0 Å². The fourth-order valence-electron chi connectivity index (χ4n) is 3.08. The van der Waals surface area contributed by atoms with Crippen molar-refractivity contribution < 1.29 is 14.4 Å². The molecule has 0 saturated carbocycles. The predicted molar refractivity (Wildman–Crippen MR) is 90.2 cm³/mol. The van der Waals surface area contributed by atoms with Crippen LogP contribution in [0, 0.1) is 5.41 Å². The second-order valence-electron chi connectivity index (χ2n) is 7.46. The molecule has 0 bridgehead atoms. The first-order valence-corrected chi connectivity index (χ1v) is 8.30. The summed E-state index contributed by atoms with van der Waals surface area (Å²) < 4.78 is 0. The molecular weight excluding hydrogens is 306 g/mol. The van der Waals surface area contributed by atoms with Gasteiger partial charge in [-0.3, -0.25) is 14.5 Å². The maximum Gasteiger partial charge on any atom is 0.327 e. The second-order valence-corrected chi connectivity index (χ2v) is 7.46. The summed E-state index contributed by atoms with van der Waals surface area (Å²) in [4.78, 5) is 39.8. The summed E-state index contributed by atoms with van der Waals surface area (Å²) in [7, 11) is 0. The van der Waals surface area contributed by atoms with E-state index in [1.165, 1.54) is 4.90 Å². The van der Waals surface area contributed by atoms with E-state index in [4.69, 9.17) is 0 Å². The van der Waals surface area contributed by atoms with Crippen LogP contribution in [0.1, 0.15) is 39.2 Å². The van der Waals surface area contributed by atoms with Gasteiger partial charge < -0.3 is 10.2 Å². The number of benzene rings is 1. The second kappa shape index (κ2) is 5.92. The summed E-state index contributed by atoms with van der Waals surface area (Å²) in [5.41, 5.74) is 1.01. The summed E-state index contributed by atoms with van der Waals surface area (Å²) in [6.07, 6.45) is 1.65. The average molecular weight is 329 g/mol. The number of urea groups is 1. The van der Waals surface area contributed by atoms with Crippen LogP contribution in [0.5, 0.6) is 0 Å². The van der Waals surface area contributed by atoms with Crippen LogP contribution in [0.2, 0.25) is 0 Å². The maximum atomic E-state index is 12.4. The molecule has 1 atom stereocenters. The molecule has 1 aromatic rings. The Labute approximate surface area is 141 Å². The van der Waals surface area contributed by atoms with E-state index in [0.29, 0.717) is 12.2 Å². The molecule has 0 radical (unpaired) electrons. The van der Waals surface area contributed by atoms with Crippen LogP contribution in [-0.2, 0) is 16.1 Å². The van der Waals surface area contributed by atoms with Gasteiger partial charge in [0, 0.05) is 17.6 Å². The van der Waals surface area contributed by atoms with Crippen LogP contribution in [-0.4, -0.2) is 40.2 Å². The number of carbonyl (C=O) groups excluding carboxylic acids is 3. The van der Waals surface area contributed by atoms with Crippen LogP contribution in [0.15, 0.2) is 24.3 Å². The van der Waals surface area contributed by atoms with E-state index in [0.717, 1.165) is 18.4 Å². The van der Waals surface area contributed by atoms with Gasteiger partial charge in [-0.05, 0) is 30.5 Å². The molecule has 2 fully saturated rings. The highest BCUT2D eigenvalue weighted by molar-refractivity contribution is 6.04. The Morgan fingerprint density at radius 3 is 2.71 bits per heavy atom. The lowest BCUT2D eigenvalue weighted by Gasteiger charge is -2.19. The Morgan fingerprint density at radius 1 is 1.29 bits per heavy atom. The van der Waals surface area contributed by atoms with Crippen LogP contribution >= 0.6 is 0 Å². The molecule has 6 nitrogen and oxygen atoms in total. The molecule has 2 heterocycles. The number of nitrogens with one attached hydrogen (secondary N) is 1. The molecule has 2 aliphatic heterocycles. The zero-order chi connectivity index (χ0) is 17.5. The molecule has 24 heavy (non-hydrogen) atoms. The molecular formula is C18H23N3O3. The van der Waals surface area contributed by atoms with Crippen LogP contribution < -0.4 is 5.32 Å². The highest BCUT2D eigenvalue weighted by Gasteiger charge is 2.47. The monoisotopic (exact) mass is 329 g/mol. The van der Waals surface area contributed by atoms with E-state index in [-0.39, 0.29) is 30.4 Å². The van der Waals surface area contributed by atoms with Gasteiger partial charge in [-0.1, -0.05) is 32.9 Å². The summed E-state index contributed by atoms with van der Waals surface area (Å²) >= 11 is 0. The standard InChI is InChI=1S/C18H23N3O3/c1-18(2,3)16(23)19-13-7-4-6-12(10-13)11-21-15(22)14-8-5-9-20(14)17(21)24/h4,6-7,10,14H,5,8-9,11H2,1-3H3,(H,19,23). The van der Waals surface area contributed by atoms with Gasteiger partial charge >= 0.3 is 6.03 Å². The average Bonchev–Trinajstić information content (AvgIpc) is 3.07. The molecule has 2 saturated heterocycles. The first-order chi connectivity index (χ1) is 11.3. The Balaban J connectivity index is 1.72. The Kier molecular flexibility index (Phi) is 4.07. The van der Waals surface area contributed by atoms with Crippen LogP contribution in [0.3, 0.4) is 0 Å². The van der Waals surface area contributed by atoms with Crippen molar-refractivity contribution in [2.45, 2.75) is 46.2 Å². The highest BCUT2D eigenvalue weighted by Crippen LogP contribution is 2.29. The topological polar surface area (TPSA) is 69.7 Å². The minimum Gasteiger partial charge on any atom is -0.326 e. The molecule has 3 rings (SSSR count). The van der Waals surface area contributed by atoms with Gasteiger partial charge in [0.15, 0.2) is 0 Å². The van der Waals surface area contributed by atoms with Crippen molar-refractivity contribution in [2.75, 3.05) is 11.9 Å². The Hall–Kier alpha value is -2.37. The number of hydrogen-bond acceptors (Lipinski definition) is 3. The van der Waals surface area contributed by atoms with Crippen molar-refractivity contribution in [3.8, 4) is 0 Å². The van der Waals surface area contributed by atoms with Gasteiger partial charge in [-0.15, -0.1) is 0 Å². The fraction of sp³-hybridized carbons (Fsp3) is 0.500. The van der Waals surface area contributed by atoms with Crippen molar-refractivity contribution in [3.05, 3.63) is 29.8 Å². The normalized spacial score (nSPS) is 20.5. The van der Waals surface area contributed by atoms with Gasteiger partial charge in [-0.25, -0.2) is 4.79 Å². The minimum absolute atomic E-state index is 0.0754.